The molecule has 2 heterocycles. The van der Waals surface area contributed by atoms with Gasteiger partial charge in [-0.05, 0) is 54.5 Å². The van der Waals surface area contributed by atoms with Crippen molar-refractivity contribution in [2.45, 2.75) is 20.0 Å². The van der Waals surface area contributed by atoms with Gasteiger partial charge in [-0.15, -0.1) is 0 Å². The molecule has 0 spiro atoms. The molecule has 0 saturated carbocycles. The van der Waals surface area contributed by atoms with Crippen molar-refractivity contribution in [1.29, 1.82) is 0 Å². The van der Waals surface area contributed by atoms with E-state index < -0.39 is 0 Å². The quantitative estimate of drug-likeness (QED) is 0.194. The summed E-state index contributed by atoms with van der Waals surface area (Å²) < 4.78 is 8.39. The van der Waals surface area contributed by atoms with Crippen molar-refractivity contribution in [1.82, 2.24) is 14.7 Å². The van der Waals surface area contributed by atoms with Gasteiger partial charge >= 0.3 is 0 Å². The van der Waals surface area contributed by atoms with Crippen LogP contribution in [0.4, 0.5) is 0 Å². The van der Waals surface area contributed by atoms with Crippen molar-refractivity contribution in [3.8, 4) is 22.7 Å². The lowest BCUT2D eigenvalue weighted by Gasteiger charge is -2.11. The highest BCUT2D eigenvalue weighted by atomic mass is 32.2. The van der Waals surface area contributed by atoms with E-state index in [2.05, 4.69) is 0 Å². The Morgan fingerprint density at radius 3 is 2.36 bits per heavy atom. The Kier molecular flexibility index (Phi) is 7.30. The second-order valence-corrected chi connectivity index (χ2v) is 10.0. The first-order valence-electron chi connectivity index (χ1n) is 11.8. The second kappa shape index (κ2) is 10.9. The summed E-state index contributed by atoms with van der Waals surface area (Å²) in [6.45, 7) is 3.17. The molecule has 0 atom stereocenters. The van der Waals surface area contributed by atoms with Gasteiger partial charge in [-0.2, -0.15) is 5.10 Å². The Hall–Kier alpha value is -3.68. The van der Waals surface area contributed by atoms with Crippen molar-refractivity contribution in [3.05, 3.63) is 107 Å². The van der Waals surface area contributed by atoms with Gasteiger partial charge in [-0.1, -0.05) is 79.4 Å². The number of ether oxygens (including phenoxy) is 1. The van der Waals surface area contributed by atoms with Crippen molar-refractivity contribution in [3.63, 3.8) is 0 Å². The van der Waals surface area contributed by atoms with Crippen LogP contribution in [0.15, 0.2) is 96.0 Å². The summed E-state index contributed by atoms with van der Waals surface area (Å²) in [4.78, 5) is 15.3. The standard InChI is InChI=1S/C29H25N3O2S2/c1-2-17-31-28(33)26(36-29(31)35)18-23-19-32(24-11-7-4-8-12-24)30-27(23)22-13-15-25(16-14-22)34-20-21-9-5-3-6-10-21/h3-16,18-19H,2,17,20H2,1H3/b26-18-. The first-order valence-corrected chi connectivity index (χ1v) is 13.0. The van der Waals surface area contributed by atoms with Gasteiger partial charge in [-0.25, -0.2) is 4.68 Å². The molecule has 3 aromatic carbocycles. The number of rotatable bonds is 8. The Morgan fingerprint density at radius 2 is 1.67 bits per heavy atom. The highest BCUT2D eigenvalue weighted by molar-refractivity contribution is 8.26. The molecule has 0 bridgehead atoms. The van der Waals surface area contributed by atoms with Crippen LogP contribution in [0.2, 0.25) is 0 Å². The van der Waals surface area contributed by atoms with E-state index in [4.69, 9.17) is 22.1 Å². The molecule has 0 unspecified atom stereocenters. The molecule has 5 rings (SSSR count). The number of para-hydroxylation sites is 1. The number of thioether (sulfide) groups is 1. The van der Waals surface area contributed by atoms with Crippen LogP contribution in [0.5, 0.6) is 5.75 Å². The van der Waals surface area contributed by atoms with E-state index in [9.17, 15) is 4.79 Å². The van der Waals surface area contributed by atoms with Gasteiger partial charge in [0.1, 0.15) is 16.7 Å². The van der Waals surface area contributed by atoms with Gasteiger partial charge in [0.2, 0.25) is 0 Å². The normalized spacial score (nSPS) is 14.6. The predicted molar refractivity (Wildman–Crippen MR) is 150 cm³/mol. The lowest BCUT2D eigenvalue weighted by molar-refractivity contribution is -0.122. The molecule has 4 aromatic rings. The van der Waals surface area contributed by atoms with E-state index in [0.29, 0.717) is 22.4 Å². The fraction of sp³-hybridized carbons (Fsp3) is 0.138. The number of hydrogen-bond donors (Lipinski definition) is 0. The Balaban J connectivity index is 1.46. The molecule has 0 N–H and O–H groups in total. The van der Waals surface area contributed by atoms with Crippen LogP contribution in [-0.2, 0) is 11.4 Å². The molecule has 0 radical (unpaired) electrons. The van der Waals surface area contributed by atoms with Gasteiger partial charge in [-0.3, -0.25) is 9.69 Å². The zero-order valence-electron chi connectivity index (χ0n) is 19.8. The summed E-state index contributed by atoms with van der Waals surface area (Å²) in [6.07, 6.45) is 4.71. The van der Waals surface area contributed by atoms with Gasteiger partial charge in [0, 0.05) is 23.9 Å². The molecule has 36 heavy (non-hydrogen) atoms. The fourth-order valence-corrected chi connectivity index (χ4v) is 5.24. The average molecular weight is 512 g/mol. The van der Waals surface area contributed by atoms with Gasteiger partial charge < -0.3 is 4.74 Å². The van der Waals surface area contributed by atoms with Crippen LogP contribution in [0, 0.1) is 0 Å². The maximum absolute atomic E-state index is 13.0. The number of carbonyl (C=O) groups excluding carboxylic acids is 1. The Bertz CT molecular complexity index is 1400. The minimum Gasteiger partial charge on any atom is -0.489 e. The molecule has 180 valence electrons. The monoisotopic (exact) mass is 511 g/mol. The number of thiocarbonyl (C=S) groups is 1. The summed E-state index contributed by atoms with van der Waals surface area (Å²) >= 11 is 6.80. The molecule has 0 aliphatic carbocycles. The Morgan fingerprint density at radius 1 is 0.972 bits per heavy atom. The summed E-state index contributed by atoms with van der Waals surface area (Å²) in [5, 5.41) is 4.88. The maximum Gasteiger partial charge on any atom is 0.266 e. The zero-order chi connectivity index (χ0) is 24.9. The van der Waals surface area contributed by atoms with Crippen LogP contribution in [0.25, 0.3) is 23.0 Å². The minimum atomic E-state index is -0.0464. The largest absolute Gasteiger partial charge is 0.489 e. The third kappa shape index (κ3) is 5.27. The molecule has 5 nitrogen and oxygen atoms in total. The molecule has 1 amide bonds. The first kappa shape index (κ1) is 24.0. The smallest absolute Gasteiger partial charge is 0.266 e. The van der Waals surface area contributed by atoms with Crippen LogP contribution >= 0.6 is 24.0 Å². The van der Waals surface area contributed by atoms with Gasteiger partial charge in [0.15, 0.2) is 0 Å². The maximum atomic E-state index is 13.0. The van der Waals surface area contributed by atoms with Crippen LogP contribution in [0.3, 0.4) is 0 Å². The summed E-state index contributed by atoms with van der Waals surface area (Å²) in [6, 6.07) is 27.9. The number of hydrogen-bond acceptors (Lipinski definition) is 5. The van der Waals surface area contributed by atoms with Gasteiger partial charge in [0.25, 0.3) is 5.91 Å². The molecular weight excluding hydrogens is 486 g/mol. The Labute approximate surface area is 220 Å². The predicted octanol–water partition coefficient (Wildman–Crippen LogP) is 6.73. The highest BCUT2D eigenvalue weighted by Gasteiger charge is 2.31. The molecule has 1 aromatic heterocycles. The van der Waals surface area contributed by atoms with Crippen molar-refractivity contribution < 1.29 is 9.53 Å². The first-order chi connectivity index (χ1) is 17.6. The van der Waals surface area contributed by atoms with E-state index in [1.54, 1.807) is 4.90 Å². The average Bonchev–Trinajstić information content (AvgIpc) is 3.45. The van der Waals surface area contributed by atoms with Crippen LogP contribution < -0.4 is 4.74 Å². The fourth-order valence-electron chi connectivity index (χ4n) is 3.94. The number of carbonyl (C=O) groups is 1. The number of nitrogens with zero attached hydrogens (tertiary/aromatic N) is 3. The lowest BCUT2D eigenvalue weighted by Crippen LogP contribution is -2.28. The SMILES string of the molecule is CCCN1C(=O)/C(=C/c2cn(-c3ccccc3)nc2-c2ccc(OCc3ccccc3)cc2)SC1=S. The molecule has 7 heteroatoms. The number of aromatic nitrogens is 2. The van der Waals surface area contributed by atoms with E-state index >= 15 is 0 Å². The van der Waals surface area contributed by atoms with Crippen molar-refractivity contribution in [2.75, 3.05) is 6.54 Å². The van der Waals surface area contributed by atoms with E-state index in [0.717, 1.165) is 40.2 Å². The number of amides is 1. The van der Waals surface area contributed by atoms with E-state index in [1.165, 1.54) is 11.8 Å². The lowest BCUT2D eigenvalue weighted by atomic mass is 10.1. The summed E-state index contributed by atoms with van der Waals surface area (Å²) in [7, 11) is 0. The van der Waals surface area contributed by atoms with E-state index in [-0.39, 0.29) is 5.91 Å². The summed E-state index contributed by atoms with van der Waals surface area (Å²) in [5.41, 5.74) is 4.64. The van der Waals surface area contributed by atoms with Crippen molar-refractivity contribution in [2.24, 2.45) is 0 Å². The third-order valence-corrected chi connectivity index (χ3v) is 7.12. The summed E-state index contributed by atoms with van der Waals surface area (Å²) in [5.74, 6) is 0.738. The van der Waals surface area contributed by atoms with Crippen molar-refractivity contribution >= 4 is 40.3 Å². The molecular formula is C29H25N3O2S2. The topological polar surface area (TPSA) is 47.4 Å². The molecule has 1 aliphatic rings. The minimum absolute atomic E-state index is 0.0464. The van der Waals surface area contributed by atoms with Crippen LogP contribution in [0.1, 0.15) is 24.5 Å². The molecule has 1 aliphatic heterocycles. The third-order valence-electron chi connectivity index (χ3n) is 5.75. The highest BCUT2D eigenvalue weighted by Crippen LogP contribution is 2.35. The van der Waals surface area contributed by atoms with Crippen LogP contribution in [-0.4, -0.2) is 31.5 Å². The van der Waals surface area contributed by atoms with Gasteiger partial charge in [0.05, 0.1) is 16.3 Å². The van der Waals surface area contributed by atoms with E-state index in [1.807, 2.05) is 109 Å². The zero-order valence-corrected chi connectivity index (χ0v) is 21.5. The molecule has 1 saturated heterocycles. The number of benzene rings is 3. The molecule has 1 fully saturated rings. The second-order valence-electron chi connectivity index (χ2n) is 8.35.